The summed E-state index contributed by atoms with van der Waals surface area (Å²) in [5, 5.41) is 0. The monoisotopic (exact) mass is 326 g/mol. The van der Waals surface area contributed by atoms with Gasteiger partial charge in [-0.05, 0) is 42.9 Å². The maximum Gasteiger partial charge on any atom is 0.344 e. The standard InChI is InChI=1S/C19H34O4/c1-18(2,3)12-15(19(4,5)6)17(21)22-13-16(20)23-14-10-8-7-9-11-14/h14-15H,7-13H2,1-6H3. The molecule has 1 atom stereocenters. The van der Waals surface area contributed by atoms with Crippen LogP contribution in [0, 0.1) is 16.7 Å². The van der Waals surface area contributed by atoms with Gasteiger partial charge in [0, 0.05) is 0 Å². The van der Waals surface area contributed by atoms with E-state index in [1.807, 2.05) is 20.8 Å². The highest BCUT2D eigenvalue weighted by Crippen LogP contribution is 2.36. The van der Waals surface area contributed by atoms with Crippen LogP contribution < -0.4 is 0 Å². The van der Waals surface area contributed by atoms with Gasteiger partial charge in [0.25, 0.3) is 0 Å². The number of carbonyl (C=O) groups excluding carboxylic acids is 2. The smallest absolute Gasteiger partial charge is 0.344 e. The number of esters is 2. The molecule has 1 fully saturated rings. The summed E-state index contributed by atoms with van der Waals surface area (Å²) in [5.74, 6) is -0.952. The summed E-state index contributed by atoms with van der Waals surface area (Å²) < 4.78 is 10.7. The van der Waals surface area contributed by atoms with Gasteiger partial charge in [-0.15, -0.1) is 0 Å². The van der Waals surface area contributed by atoms with Gasteiger partial charge in [-0.1, -0.05) is 48.0 Å². The van der Waals surface area contributed by atoms with Crippen molar-refractivity contribution in [2.75, 3.05) is 6.61 Å². The molecular weight excluding hydrogens is 292 g/mol. The van der Waals surface area contributed by atoms with E-state index >= 15 is 0 Å². The van der Waals surface area contributed by atoms with Gasteiger partial charge >= 0.3 is 11.9 Å². The van der Waals surface area contributed by atoms with E-state index in [9.17, 15) is 9.59 Å². The molecule has 0 aromatic carbocycles. The molecule has 1 rings (SSSR count). The molecule has 23 heavy (non-hydrogen) atoms. The summed E-state index contributed by atoms with van der Waals surface area (Å²) in [6.07, 6.45) is 6.01. The van der Waals surface area contributed by atoms with E-state index in [2.05, 4.69) is 20.8 Å². The van der Waals surface area contributed by atoms with E-state index in [0.717, 1.165) is 32.1 Å². The van der Waals surface area contributed by atoms with Crippen LogP contribution >= 0.6 is 0 Å². The lowest BCUT2D eigenvalue weighted by Gasteiger charge is -2.33. The van der Waals surface area contributed by atoms with Crippen LogP contribution in [0.5, 0.6) is 0 Å². The minimum Gasteiger partial charge on any atom is -0.460 e. The van der Waals surface area contributed by atoms with E-state index in [1.165, 1.54) is 6.42 Å². The molecule has 0 aliphatic heterocycles. The van der Waals surface area contributed by atoms with Gasteiger partial charge in [-0.25, -0.2) is 4.79 Å². The third kappa shape index (κ3) is 7.85. The fourth-order valence-electron chi connectivity index (χ4n) is 2.99. The third-order valence-electron chi connectivity index (χ3n) is 4.33. The lowest BCUT2D eigenvalue weighted by atomic mass is 9.72. The van der Waals surface area contributed by atoms with Crippen LogP contribution in [0.1, 0.15) is 80.1 Å². The fraction of sp³-hybridized carbons (Fsp3) is 0.895. The van der Waals surface area contributed by atoms with Crippen LogP contribution in [-0.4, -0.2) is 24.6 Å². The van der Waals surface area contributed by atoms with Crippen molar-refractivity contribution in [1.29, 1.82) is 0 Å². The SMILES string of the molecule is CC(C)(C)CC(C(=O)OCC(=O)OC1CCCCC1)C(C)(C)C. The highest BCUT2D eigenvalue weighted by molar-refractivity contribution is 5.78. The summed E-state index contributed by atoms with van der Waals surface area (Å²) in [5.41, 5.74) is -0.169. The molecule has 0 radical (unpaired) electrons. The summed E-state index contributed by atoms with van der Waals surface area (Å²) in [6.45, 7) is 12.1. The fourth-order valence-corrected chi connectivity index (χ4v) is 2.99. The number of carbonyl (C=O) groups is 2. The maximum atomic E-state index is 12.4. The topological polar surface area (TPSA) is 52.6 Å². The highest BCUT2D eigenvalue weighted by Gasteiger charge is 2.36. The van der Waals surface area contributed by atoms with Gasteiger partial charge < -0.3 is 9.47 Å². The summed E-state index contributed by atoms with van der Waals surface area (Å²) in [4.78, 5) is 24.3. The minimum atomic E-state index is -0.423. The Kier molecular flexibility index (Phi) is 7.09. The van der Waals surface area contributed by atoms with E-state index < -0.39 is 5.97 Å². The third-order valence-corrected chi connectivity index (χ3v) is 4.33. The first-order chi connectivity index (χ1) is 10.5. The van der Waals surface area contributed by atoms with E-state index in [4.69, 9.17) is 9.47 Å². The Bertz CT molecular complexity index is 395. The van der Waals surface area contributed by atoms with Crippen molar-refractivity contribution in [2.45, 2.75) is 86.2 Å². The quantitative estimate of drug-likeness (QED) is 0.698. The lowest BCUT2D eigenvalue weighted by molar-refractivity contribution is -0.168. The zero-order valence-electron chi connectivity index (χ0n) is 15.7. The average molecular weight is 326 g/mol. The van der Waals surface area contributed by atoms with Crippen molar-refractivity contribution in [3.05, 3.63) is 0 Å². The molecule has 134 valence electrons. The van der Waals surface area contributed by atoms with Crippen molar-refractivity contribution in [3.8, 4) is 0 Å². The van der Waals surface area contributed by atoms with Crippen LogP contribution in [-0.2, 0) is 19.1 Å². The molecule has 0 bridgehead atoms. The van der Waals surface area contributed by atoms with Gasteiger partial charge in [-0.3, -0.25) is 4.79 Å². The molecule has 1 unspecified atom stereocenters. The number of hydrogen-bond acceptors (Lipinski definition) is 4. The molecule has 1 saturated carbocycles. The molecule has 0 saturated heterocycles. The molecule has 1 aliphatic rings. The summed E-state index contributed by atoms with van der Waals surface area (Å²) in [6, 6.07) is 0. The normalized spacial score (nSPS) is 18.3. The Morgan fingerprint density at radius 2 is 1.57 bits per heavy atom. The van der Waals surface area contributed by atoms with Gasteiger partial charge in [0.2, 0.25) is 0 Å². The summed E-state index contributed by atoms with van der Waals surface area (Å²) >= 11 is 0. The Labute approximate surface area is 141 Å². The zero-order valence-corrected chi connectivity index (χ0v) is 15.7. The molecule has 0 aromatic rings. The lowest BCUT2D eigenvalue weighted by Crippen LogP contribution is -2.35. The summed E-state index contributed by atoms with van der Waals surface area (Å²) in [7, 11) is 0. The minimum absolute atomic E-state index is 0.00272. The van der Waals surface area contributed by atoms with Crippen molar-refractivity contribution in [2.24, 2.45) is 16.7 Å². The van der Waals surface area contributed by atoms with E-state index in [1.54, 1.807) is 0 Å². The molecule has 0 spiro atoms. The van der Waals surface area contributed by atoms with Crippen molar-refractivity contribution in [3.63, 3.8) is 0 Å². The van der Waals surface area contributed by atoms with Gasteiger partial charge in [-0.2, -0.15) is 0 Å². The molecule has 0 amide bonds. The maximum absolute atomic E-state index is 12.4. The van der Waals surface area contributed by atoms with Crippen molar-refractivity contribution in [1.82, 2.24) is 0 Å². The molecule has 0 N–H and O–H groups in total. The van der Waals surface area contributed by atoms with Crippen LogP contribution in [0.4, 0.5) is 0 Å². The Morgan fingerprint density at radius 1 is 1.00 bits per heavy atom. The second-order valence-corrected chi connectivity index (χ2v) is 9.04. The van der Waals surface area contributed by atoms with Crippen molar-refractivity contribution >= 4 is 11.9 Å². The van der Waals surface area contributed by atoms with E-state index in [0.29, 0.717) is 0 Å². The predicted molar refractivity (Wildman–Crippen MR) is 90.9 cm³/mol. The number of rotatable bonds is 5. The second-order valence-electron chi connectivity index (χ2n) is 9.04. The van der Waals surface area contributed by atoms with Crippen molar-refractivity contribution < 1.29 is 19.1 Å². The van der Waals surface area contributed by atoms with E-state index in [-0.39, 0.29) is 35.4 Å². The molecule has 4 nitrogen and oxygen atoms in total. The Balaban J connectivity index is 2.49. The molecule has 0 heterocycles. The Hall–Kier alpha value is -1.06. The van der Waals surface area contributed by atoms with Crippen LogP contribution in [0.15, 0.2) is 0 Å². The molecular formula is C19H34O4. The molecule has 0 aromatic heterocycles. The Morgan fingerprint density at radius 3 is 2.04 bits per heavy atom. The first-order valence-corrected chi connectivity index (χ1v) is 8.85. The predicted octanol–water partition coefficient (Wildman–Crippen LogP) is 4.50. The van der Waals surface area contributed by atoms with Crippen LogP contribution in [0.25, 0.3) is 0 Å². The number of ether oxygens (including phenoxy) is 2. The second kappa shape index (κ2) is 8.16. The molecule has 4 heteroatoms. The van der Waals surface area contributed by atoms with Gasteiger partial charge in [0.05, 0.1) is 5.92 Å². The van der Waals surface area contributed by atoms with Crippen LogP contribution in [0.2, 0.25) is 0 Å². The first-order valence-electron chi connectivity index (χ1n) is 8.85. The zero-order chi connectivity index (χ0) is 17.7. The first kappa shape index (κ1) is 20.0. The highest BCUT2D eigenvalue weighted by atomic mass is 16.6. The van der Waals surface area contributed by atoms with Crippen LogP contribution in [0.3, 0.4) is 0 Å². The largest absolute Gasteiger partial charge is 0.460 e. The molecule has 1 aliphatic carbocycles. The number of hydrogen-bond donors (Lipinski definition) is 0. The van der Waals surface area contributed by atoms with Gasteiger partial charge in [0.15, 0.2) is 6.61 Å². The average Bonchev–Trinajstić information content (AvgIpc) is 2.41. The van der Waals surface area contributed by atoms with Gasteiger partial charge in [0.1, 0.15) is 6.10 Å².